The van der Waals surface area contributed by atoms with Crippen molar-refractivity contribution in [1.29, 1.82) is 0 Å². The molecule has 6 heteroatoms. The third kappa shape index (κ3) is 3.77. The van der Waals surface area contributed by atoms with Gasteiger partial charge in [0, 0.05) is 23.5 Å². The van der Waals surface area contributed by atoms with Crippen molar-refractivity contribution in [3.63, 3.8) is 0 Å². The van der Waals surface area contributed by atoms with Gasteiger partial charge in [-0.25, -0.2) is 0 Å². The van der Waals surface area contributed by atoms with Crippen molar-refractivity contribution in [2.24, 2.45) is 5.73 Å². The maximum Gasteiger partial charge on any atom is 0.255 e. The normalized spacial score (nSPS) is 19.5. The molecule has 2 aromatic carbocycles. The van der Waals surface area contributed by atoms with E-state index in [1.54, 1.807) is 12.1 Å². The van der Waals surface area contributed by atoms with Crippen LogP contribution in [-0.2, 0) is 16.6 Å². The van der Waals surface area contributed by atoms with Crippen LogP contribution in [0.4, 0.5) is 0 Å². The number of likely N-dealkylation sites (N-methyl/N-ethyl adjacent to an activating group) is 1. The van der Waals surface area contributed by atoms with Crippen LogP contribution in [0.2, 0.25) is 5.02 Å². The van der Waals surface area contributed by atoms with E-state index in [1.165, 1.54) is 23.3 Å². The number of amides is 2. The maximum atomic E-state index is 12.8. The van der Waals surface area contributed by atoms with Gasteiger partial charge in [-0.15, -0.1) is 0 Å². The van der Waals surface area contributed by atoms with E-state index in [9.17, 15) is 9.59 Å². The summed E-state index contributed by atoms with van der Waals surface area (Å²) in [6.45, 7) is 1.47. The Morgan fingerprint density at radius 3 is 2.59 bits per heavy atom. The molecule has 5 nitrogen and oxygen atoms in total. The zero-order valence-corrected chi connectivity index (χ0v) is 17.5. The molecule has 1 fully saturated rings. The van der Waals surface area contributed by atoms with Gasteiger partial charge in [-0.1, -0.05) is 35.9 Å². The minimum atomic E-state index is -0.790. The first-order valence-corrected chi connectivity index (χ1v) is 10.2. The van der Waals surface area contributed by atoms with Crippen LogP contribution in [-0.4, -0.2) is 48.8 Å². The average Bonchev–Trinajstić information content (AvgIpc) is 3.38. The summed E-state index contributed by atoms with van der Waals surface area (Å²) < 4.78 is 0. The average molecular weight is 411 g/mol. The van der Waals surface area contributed by atoms with Crippen molar-refractivity contribution in [1.82, 2.24) is 9.80 Å². The SMILES string of the molecule is CN(C)CC1(c2ccc(CCN3C(=O)c4[c]cc(Cl)cc4C3C(N)=O)cc2)CC1. The minimum absolute atomic E-state index is 0.222. The fourth-order valence-corrected chi connectivity index (χ4v) is 4.59. The quantitative estimate of drug-likeness (QED) is 0.763. The molecule has 1 aliphatic carbocycles. The zero-order valence-electron chi connectivity index (χ0n) is 16.7. The van der Waals surface area contributed by atoms with Crippen molar-refractivity contribution in [3.05, 3.63) is 69.7 Å². The predicted molar refractivity (Wildman–Crippen MR) is 113 cm³/mol. The van der Waals surface area contributed by atoms with E-state index in [0.717, 1.165) is 12.1 Å². The van der Waals surface area contributed by atoms with Gasteiger partial charge in [-0.3, -0.25) is 9.59 Å². The van der Waals surface area contributed by atoms with Crippen LogP contribution in [0.15, 0.2) is 36.4 Å². The second-order valence-corrected chi connectivity index (χ2v) is 8.85. The highest BCUT2D eigenvalue weighted by Crippen LogP contribution is 2.48. The Labute approximate surface area is 176 Å². The van der Waals surface area contributed by atoms with E-state index in [4.69, 9.17) is 17.3 Å². The summed E-state index contributed by atoms with van der Waals surface area (Å²) in [5, 5.41) is 0.437. The number of fused-ring (bicyclic) bond motifs is 1. The molecule has 1 aliphatic heterocycles. The molecule has 29 heavy (non-hydrogen) atoms. The highest BCUT2D eigenvalue weighted by molar-refractivity contribution is 6.30. The van der Waals surface area contributed by atoms with Crippen molar-refractivity contribution in [3.8, 4) is 0 Å². The second kappa shape index (κ2) is 7.47. The number of nitrogens with two attached hydrogens (primary N) is 1. The van der Waals surface area contributed by atoms with Crippen LogP contribution >= 0.6 is 11.6 Å². The Morgan fingerprint density at radius 1 is 1.31 bits per heavy atom. The monoisotopic (exact) mass is 410 g/mol. The van der Waals surface area contributed by atoms with Crippen LogP contribution in [0.1, 0.15) is 45.9 Å². The molecule has 2 amide bonds. The van der Waals surface area contributed by atoms with E-state index in [0.29, 0.717) is 34.5 Å². The number of hydrogen-bond donors (Lipinski definition) is 1. The van der Waals surface area contributed by atoms with E-state index >= 15 is 0 Å². The number of hydrogen-bond acceptors (Lipinski definition) is 3. The lowest BCUT2D eigenvalue weighted by atomic mass is 9.94. The fourth-order valence-electron chi connectivity index (χ4n) is 4.42. The van der Waals surface area contributed by atoms with Crippen molar-refractivity contribution in [2.75, 3.05) is 27.2 Å². The van der Waals surface area contributed by atoms with Gasteiger partial charge in [0.15, 0.2) is 0 Å². The Kier molecular flexibility index (Phi) is 5.13. The van der Waals surface area contributed by atoms with Gasteiger partial charge in [0.2, 0.25) is 5.91 Å². The van der Waals surface area contributed by atoms with Gasteiger partial charge in [0.25, 0.3) is 5.91 Å². The first kappa shape index (κ1) is 19.9. The molecule has 2 N–H and O–H groups in total. The second-order valence-electron chi connectivity index (χ2n) is 8.42. The summed E-state index contributed by atoms with van der Waals surface area (Å²) in [7, 11) is 4.22. The molecule has 2 aliphatic rings. The van der Waals surface area contributed by atoms with Gasteiger partial charge < -0.3 is 15.5 Å². The van der Waals surface area contributed by atoms with Crippen LogP contribution in [0.5, 0.6) is 0 Å². The van der Waals surface area contributed by atoms with Gasteiger partial charge in [-0.2, -0.15) is 0 Å². The molecule has 1 radical (unpaired) electrons. The third-order valence-electron chi connectivity index (χ3n) is 5.97. The molecule has 4 rings (SSSR count). The van der Waals surface area contributed by atoms with Gasteiger partial charge in [0.1, 0.15) is 6.04 Å². The summed E-state index contributed by atoms with van der Waals surface area (Å²) in [6.07, 6.45) is 3.10. The molecular formula is C23H25ClN3O2. The lowest BCUT2D eigenvalue weighted by Gasteiger charge is -2.23. The molecule has 1 saturated carbocycles. The van der Waals surface area contributed by atoms with Crippen LogP contribution < -0.4 is 5.73 Å². The molecule has 1 atom stereocenters. The number of carbonyl (C=O) groups is 2. The Hall–Kier alpha value is -2.37. The number of benzene rings is 2. The zero-order chi connectivity index (χ0) is 20.8. The van der Waals surface area contributed by atoms with Crippen LogP contribution in [0.3, 0.4) is 0 Å². The summed E-state index contributed by atoms with van der Waals surface area (Å²) in [5.74, 6) is -0.775. The molecule has 1 heterocycles. The molecule has 1 unspecified atom stereocenters. The summed E-state index contributed by atoms with van der Waals surface area (Å²) >= 11 is 6.03. The Morgan fingerprint density at radius 2 is 2.00 bits per heavy atom. The van der Waals surface area contributed by atoms with Gasteiger partial charge in [-0.05, 0) is 68.2 Å². The standard InChI is InChI=1S/C23H25ClN3O2/c1-26(2)14-23(10-11-23)16-5-3-15(4-6-16)9-12-27-20(21(25)28)19-13-17(24)7-8-18(19)22(27)29/h3-7,13,20H,9-12,14H2,1-2H3,(H2,25,28). The molecule has 0 saturated heterocycles. The number of halogens is 1. The maximum absolute atomic E-state index is 12.8. The fraction of sp³-hybridized carbons (Fsp3) is 0.391. The summed E-state index contributed by atoms with van der Waals surface area (Å²) in [5.41, 5.74) is 9.33. The van der Waals surface area contributed by atoms with Gasteiger partial charge in [0.05, 0.1) is 5.56 Å². The van der Waals surface area contributed by atoms with E-state index in [-0.39, 0.29) is 5.91 Å². The number of rotatable bonds is 7. The van der Waals surface area contributed by atoms with Crippen LogP contribution in [0.25, 0.3) is 0 Å². The third-order valence-corrected chi connectivity index (χ3v) is 6.19. The summed E-state index contributed by atoms with van der Waals surface area (Å²) in [6, 6.07) is 13.9. The molecule has 2 aromatic rings. The number of nitrogens with zero attached hydrogens (tertiary/aromatic N) is 2. The lowest BCUT2D eigenvalue weighted by molar-refractivity contribution is -0.122. The minimum Gasteiger partial charge on any atom is -0.368 e. The highest BCUT2D eigenvalue weighted by atomic mass is 35.5. The van der Waals surface area contributed by atoms with E-state index in [2.05, 4.69) is 49.3 Å². The highest BCUT2D eigenvalue weighted by Gasteiger charge is 2.44. The topological polar surface area (TPSA) is 66.6 Å². The number of carbonyl (C=O) groups excluding carboxylic acids is 2. The first-order chi connectivity index (χ1) is 13.8. The molecular weight excluding hydrogens is 386 g/mol. The van der Waals surface area contributed by atoms with Crippen LogP contribution in [0, 0.1) is 6.07 Å². The van der Waals surface area contributed by atoms with E-state index < -0.39 is 11.9 Å². The smallest absolute Gasteiger partial charge is 0.255 e. The van der Waals surface area contributed by atoms with E-state index in [1.807, 2.05) is 0 Å². The largest absolute Gasteiger partial charge is 0.368 e. The molecule has 0 bridgehead atoms. The Bertz CT molecular complexity index is 951. The number of primary amides is 1. The van der Waals surface area contributed by atoms with Crippen molar-refractivity contribution in [2.45, 2.75) is 30.7 Å². The first-order valence-electron chi connectivity index (χ1n) is 9.86. The molecule has 0 aromatic heterocycles. The van der Waals surface area contributed by atoms with Crippen molar-refractivity contribution < 1.29 is 9.59 Å². The lowest BCUT2D eigenvalue weighted by Crippen LogP contribution is -2.37. The molecule has 151 valence electrons. The Balaban J connectivity index is 1.47. The van der Waals surface area contributed by atoms with Gasteiger partial charge >= 0.3 is 0 Å². The molecule has 0 spiro atoms. The predicted octanol–water partition coefficient (Wildman–Crippen LogP) is 2.96. The van der Waals surface area contributed by atoms with Crippen molar-refractivity contribution >= 4 is 23.4 Å². The summed E-state index contributed by atoms with van der Waals surface area (Å²) in [4.78, 5) is 28.6.